The first-order chi connectivity index (χ1) is 12.1. The number of carbonyl (C=O) groups is 1. The highest BCUT2D eigenvalue weighted by atomic mass is 35.5. The Morgan fingerprint density at radius 2 is 1.38 bits per heavy atom. The van der Waals surface area contributed by atoms with Gasteiger partial charge in [0.1, 0.15) is 12.1 Å². The summed E-state index contributed by atoms with van der Waals surface area (Å²) in [6, 6.07) is 8.43. The molecule has 0 aromatic heterocycles. The van der Waals surface area contributed by atoms with Crippen molar-refractivity contribution in [3.63, 3.8) is 0 Å². The molecule has 2 aromatic carbocycles. The van der Waals surface area contributed by atoms with Crippen LogP contribution in [0.4, 0.5) is 0 Å². The second-order valence-corrected chi connectivity index (χ2v) is 7.52. The minimum absolute atomic E-state index is 0.244. The molecule has 0 fully saturated rings. The van der Waals surface area contributed by atoms with Crippen LogP contribution in [0.25, 0.3) is 0 Å². The van der Waals surface area contributed by atoms with Crippen LogP contribution in [0.15, 0.2) is 36.4 Å². The van der Waals surface area contributed by atoms with Crippen molar-refractivity contribution >= 4 is 52.4 Å². The largest absolute Gasteiger partial charge is 0.458 e. The topological polar surface area (TPSA) is 72.6 Å². The van der Waals surface area contributed by atoms with Crippen LogP contribution >= 0.6 is 46.4 Å². The van der Waals surface area contributed by atoms with E-state index in [0.29, 0.717) is 21.2 Å². The first kappa shape index (κ1) is 21.3. The van der Waals surface area contributed by atoms with Crippen LogP contribution in [0.3, 0.4) is 0 Å². The molecule has 0 bridgehead atoms. The second-order valence-electron chi connectivity index (χ2n) is 5.89. The molecule has 4 nitrogen and oxygen atoms in total. The first-order valence-corrected chi connectivity index (χ1v) is 9.18. The number of halogens is 4. The smallest absolute Gasteiger partial charge is 0.323 e. The van der Waals surface area contributed by atoms with E-state index in [1.165, 1.54) is 19.1 Å². The molecule has 0 aliphatic heterocycles. The lowest BCUT2D eigenvalue weighted by atomic mass is 9.82. The van der Waals surface area contributed by atoms with E-state index in [1.54, 1.807) is 31.2 Å². The van der Waals surface area contributed by atoms with Gasteiger partial charge >= 0.3 is 5.97 Å². The maximum absolute atomic E-state index is 12.0. The molecule has 0 radical (unpaired) electrons. The van der Waals surface area contributed by atoms with Gasteiger partial charge in [0.2, 0.25) is 0 Å². The van der Waals surface area contributed by atoms with Crippen LogP contribution < -0.4 is 5.73 Å². The monoisotopic (exact) mass is 435 g/mol. The van der Waals surface area contributed by atoms with Gasteiger partial charge in [-0.3, -0.25) is 4.79 Å². The van der Waals surface area contributed by atoms with Gasteiger partial charge in [-0.25, -0.2) is 0 Å². The van der Waals surface area contributed by atoms with Gasteiger partial charge in [0, 0.05) is 0 Å². The molecule has 0 spiro atoms. The molecular formula is C18H17Cl4NO3. The summed E-state index contributed by atoms with van der Waals surface area (Å²) in [4.78, 5) is 12.0. The van der Waals surface area contributed by atoms with E-state index < -0.39 is 23.7 Å². The van der Waals surface area contributed by atoms with Crippen LogP contribution in [0, 0.1) is 0 Å². The summed E-state index contributed by atoms with van der Waals surface area (Å²) >= 11 is 24.2. The Balaban J connectivity index is 2.61. The minimum Gasteiger partial charge on any atom is -0.458 e. The zero-order chi connectivity index (χ0) is 19.6. The predicted molar refractivity (Wildman–Crippen MR) is 105 cm³/mol. The summed E-state index contributed by atoms with van der Waals surface area (Å²) in [7, 11) is 0. The Hall–Kier alpha value is -1.01. The minimum atomic E-state index is -1.76. The average molecular weight is 437 g/mol. The number of benzene rings is 2. The van der Waals surface area contributed by atoms with E-state index in [0.717, 1.165) is 0 Å². The number of nitrogens with two attached hydrogens (primary N) is 1. The predicted octanol–water partition coefficient (Wildman–Crippen LogP) is 4.82. The molecule has 0 amide bonds. The third kappa shape index (κ3) is 4.28. The number of esters is 1. The summed E-state index contributed by atoms with van der Waals surface area (Å²) < 4.78 is 5.36. The normalized spacial score (nSPS) is 14.0. The first-order valence-electron chi connectivity index (χ1n) is 7.66. The fraction of sp³-hybridized carbons (Fsp3) is 0.278. The molecule has 0 saturated carbocycles. The molecule has 2 atom stereocenters. The Labute approximate surface area is 171 Å². The lowest BCUT2D eigenvalue weighted by Crippen LogP contribution is -2.44. The zero-order valence-corrected chi connectivity index (χ0v) is 17.0. The maximum atomic E-state index is 12.0. The van der Waals surface area contributed by atoms with Gasteiger partial charge in [-0.15, -0.1) is 0 Å². The van der Waals surface area contributed by atoms with Crippen molar-refractivity contribution < 1.29 is 14.6 Å². The molecule has 8 heteroatoms. The van der Waals surface area contributed by atoms with E-state index in [9.17, 15) is 9.90 Å². The van der Waals surface area contributed by atoms with Gasteiger partial charge in [0.25, 0.3) is 0 Å². The molecule has 0 heterocycles. The van der Waals surface area contributed by atoms with E-state index in [4.69, 9.17) is 56.9 Å². The summed E-state index contributed by atoms with van der Waals surface area (Å²) in [5, 5.41) is 12.7. The molecule has 0 aliphatic carbocycles. The average Bonchev–Trinajstić information content (AvgIpc) is 2.58. The van der Waals surface area contributed by atoms with Crippen LogP contribution in [0.1, 0.15) is 25.0 Å². The van der Waals surface area contributed by atoms with Gasteiger partial charge in [-0.1, -0.05) is 58.5 Å². The number of aliphatic hydroxyl groups is 1. The molecule has 26 heavy (non-hydrogen) atoms. The van der Waals surface area contributed by atoms with Crippen LogP contribution in [0.5, 0.6) is 0 Å². The lowest BCUT2D eigenvalue weighted by Gasteiger charge is -2.35. The van der Waals surface area contributed by atoms with E-state index in [1.807, 2.05) is 0 Å². The highest BCUT2D eigenvalue weighted by Crippen LogP contribution is 2.39. The van der Waals surface area contributed by atoms with Crippen LogP contribution in [-0.4, -0.2) is 23.2 Å². The number of carbonyl (C=O) groups excluding carboxylic acids is 1. The third-order valence-electron chi connectivity index (χ3n) is 3.97. The Kier molecular flexibility index (Phi) is 6.83. The van der Waals surface area contributed by atoms with Crippen LogP contribution in [0.2, 0.25) is 20.1 Å². The van der Waals surface area contributed by atoms with Crippen molar-refractivity contribution in [3.8, 4) is 0 Å². The standard InChI is InChI=1S/C18H17Cl4NO3/c1-9(23)17(24)26-10(2)18(25,11-3-5-13(19)15(21)7-11)12-4-6-14(20)16(22)8-12/h3-10,25H,23H2,1-2H3/t9-,10-/m0/s1. The summed E-state index contributed by atoms with van der Waals surface area (Å²) in [5.74, 6) is -0.656. The molecule has 140 valence electrons. The maximum Gasteiger partial charge on any atom is 0.323 e. The van der Waals surface area contributed by atoms with Crippen molar-refractivity contribution in [2.45, 2.75) is 31.6 Å². The van der Waals surface area contributed by atoms with Gasteiger partial charge in [0.15, 0.2) is 5.60 Å². The van der Waals surface area contributed by atoms with Crippen molar-refractivity contribution in [3.05, 3.63) is 67.6 Å². The molecule has 3 N–H and O–H groups in total. The SMILES string of the molecule is C[C@H](N)C(=O)O[C@@H](C)C(O)(c1ccc(Cl)c(Cl)c1)c1ccc(Cl)c(Cl)c1. The Morgan fingerprint density at radius 3 is 1.73 bits per heavy atom. The highest BCUT2D eigenvalue weighted by Gasteiger charge is 2.41. The number of hydrogen-bond acceptors (Lipinski definition) is 4. The van der Waals surface area contributed by atoms with Crippen molar-refractivity contribution in [1.29, 1.82) is 0 Å². The number of ether oxygens (including phenoxy) is 1. The Bertz CT molecular complexity index is 775. The molecule has 2 rings (SSSR count). The number of hydrogen-bond donors (Lipinski definition) is 2. The second kappa shape index (κ2) is 8.34. The third-order valence-corrected chi connectivity index (χ3v) is 5.45. The van der Waals surface area contributed by atoms with Crippen LogP contribution in [-0.2, 0) is 15.1 Å². The molecule has 0 unspecified atom stereocenters. The van der Waals surface area contributed by atoms with Gasteiger partial charge in [-0.05, 0) is 49.2 Å². The quantitative estimate of drug-likeness (QED) is 0.659. The van der Waals surface area contributed by atoms with E-state index in [2.05, 4.69) is 0 Å². The van der Waals surface area contributed by atoms with E-state index >= 15 is 0 Å². The molecular weight excluding hydrogens is 420 g/mol. The lowest BCUT2D eigenvalue weighted by molar-refractivity contribution is -0.161. The summed E-state index contributed by atoms with van der Waals surface area (Å²) in [6.07, 6.45) is -1.00. The molecule has 0 aliphatic rings. The Morgan fingerprint density at radius 1 is 0.962 bits per heavy atom. The van der Waals surface area contributed by atoms with Crippen molar-refractivity contribution in [2.75, 3.05) is 0 Å². The van der Waals surface area contributed by atoms with Crippen molar-refractivity contribution in [1.82, 2.24) is 0 Å². The highest BCUT2D eigenvalue weighted by molar-refractivity contribution is 6.42. The molecule has 2 aromatic rings. The summed E-state index contributed by atoms with van der Waals surface area (Å²) in [6.45, 7) is 3.04. The fourth-order valence-electron chi connectivity index (χ4n) is 2.47. The summed E-state index contributed by atoms with van der Waals surface area (Å²) in [5.41, 5.74) is 4.54. The fourth-order valence-corrected chi connectivity index (χ4v) is 3.07. The number of rotatable bonds is 5. The van der Waals surface area contributed by atoms with Crippen molar-refractivity contribution in [2.24, 2.45) is 5.73 Å². The zero-order valence-electron chi connectivity index (χ0n) is 14.0. The molecule has 0 saturated heterocycles. The van der Waals surface area contributed by atoms with E-state index in [-0.39, 0.29) is 10.0 Å². The van der Waals surface area contributed by atoms with Gasteiger partial charge in [0.05, 0.1) is 20.1 Å². The van der Waals surface area contributed by atoms with Gasteiger partial charge in [-0.2, -0.15) is 0 Å². The van der Waals surface area contributed by atoms with Gasteiger partial charge < -0.3 is 15.6 Å².